The lowest BCUT2D eigenvalue weighted by atomic mass is 9.65. The van der Waals surface area contributed by atoms with Gasteiger partial charge >= 0.3 is 0 Å². The highest BCUT2D eigenvalue weighted by Crippen LogP contribution is 2.52. The lowest BCUT2D eigenvalue weighted by molar-refractivity contribution is 0.0698. The van der Waals surface area contributed by atoms with Gasteiger partial charge in [0, 0.05) is 28.7 Å². The number of nitrogens with zero attached hydrogens (tertiary/aromatic N) is 2. The van der Waals surface area contributed by atoms with Gasteiger partial charge in [0.05, 0.1) is 0 Å². The number of hydrogen-bond acceptors (Lipinski definition) is 3. The SMILES string of the molecule is CC1(C)C[C@H]2C[C@](C)(CN2C(=O)c2cc(-c3ccc(Br)cc3)on2)C1. The van der Waals surface area contributed by atoms with Gasteiger partial charge in [0.2, 0.25) is 0 Å². The van der Waals surface area contributed by atoms with E-state index in [1.54, 1.807) is 6.07 Å². The highest BCUT2D eigenvalue weighted by molar-refractivity contribution is 9.10. The molecule has 1 aliphatic carbocycles. The fraction of sp³-hybridized carbons (Fsp3) is 0.500. The zero-order chi connectivity index (χ0) is 17.8. The van der Waals surface area contributed by atoms with Crippen LogP contribution in [0.1, 0.15) is 50.5 Å². The summed E-state index contributed by atoms with van der Waals surface area (Å²) in [6.45, 7) is 7.75. The summed E-state index contributed by atoms with van der Waals surface area (Å²) in [7, 11) is 0. The number of benzene rings is 1. The van der Waals surface area contributed by atoms with Crippen LogP contribution in [0.3, 0.4) is 0 Å². The number of fused-ring (bicyclic) bond motifs is 2. The number of amides is 1. The number of carbonyl (C=O) groups is 1. The number of aromatic nitrogens is 1. The predicted octanol–water partition coefficient (Wildman–Crippen LogP) is 5.14. The van der Waals surface area contributed by atoms with E-state index in [0.29, 0.717) is 22.9 Å². The van der Waals surface area contributed by atoms with E-state index in [1.165, 1.54) is 6.42 Å². The van der Waals surface area contributed by atoms with Crippen LogP contribution >= 0.6 is 15.9 Å². The second kappa shape index (κ2) is 5.70. The van der Waals surface area contributed by atoms with Crippen molar-refractivity contribution in [2.45, 2.75) is 46.1 Å². The van der Waals surface area contributed by atoms with Crippen LogP contribution in [0.15, 0.2) is 39.3 Å². The van der Waals surface area contributed by atoms with E-state index in [0.717, 1.165) is 29.4 Å². The van der Waals surface area contributed by atoms with Gasteiger partial charge in [0.25, 0.3) is 5.91 Å². The molecule has 1 aromatic carbocycles. The Labute approximate surface area is 156 Å². The molecule has 1 aromatic heterocycles. The third-order valence-corrected chi connectivity index (χ3v) is 6.06. The topological polar surface area (TPSA) is 46.3 Å². The van der Waals surface area contributed by atoms with Crippen LogP contribution in [-0.4, -0.2) is 28.6 Å². The molecule has 2 atom stereocenters. The monoisotopic (exact) mass is 402 g/mol. The molecule has 5 heteroatoms. The van der Waals surface area contributed by atoms with E-state index in [-0.39, 0.29) is 11.3 Å². The maximum absolute atomic E-state index is 13.0. The first-order chi connectivity index (χ1) is 11.7. The van der Waals surface area contributed by atoms with Crippen molar-refractivity contribution in [2.24, 2.45) is 10.8 Å². The van der Waals surface area contributed by atoms with Crippen LogP contribution < -0.4 is 0 Å². The van der Waals surface area contributed by atoms with Crippen LogP contribution in [0.25, 0.3) is 11.3 Å². The minimum Gasteiger partial charge on any atom is -0.355 e. The average Bonchev–Trinajstić information content (AvgIpc) is 3.09. The normalized spacial score (nSPS) is 27.5. The molecule has 2 aromatic rings. The molecule has 2 aliphatic rings. The summed E-state index contributed by atoms with van der Waals surface area (Å²) in [5.74, 6) is 0.628. The standard InChI is InChI=1S/C20H23BrN2O2/c1-19(2)9-15-10-20(3,11-19)12-23(15)18(24)16-8-17(25-22-16)13-4-6-14(21)7-5-13/h4-8,15H,9-12H2,1-3H3/t15-,20-/m0/s1. The summed E-state index contributed by atoms with van der Waals surface area (Å²) >= 11 is 3.42. The van der Waals surface area contributed by atoms with Crippen molar-refractivity contribution in [1.82, 2.24) is 10.1 Å². The third-order valence-electron chi connectivity index (χ3n) is 5.53. The number of hydrogen-bond donors (Lipinski definition) is 0. The first-order valence-electron chi connectivity index (χ1n) is 8.78. The molecule has 0 N–H and O–H groups in total. The van der Waals surface area contributed by atoms with Crippen molar-refractivity contribution in [2.75, 3.05) is 6.54 Å². The fourth-order valence-corrected chi connectivity index (χ4v) is 5.24. The summed E-state index contributed by atoms with van der Waals surface area (Å²) in [4.78, 5) is 15.1. The van der Waals surface area contributed by atoms with Crippen LogP contribution in [0, 0.1) is 10.8 Å². The van der Waals surface area contributed by atoms with E-state index in [4.69, 9.17) is 4.52 Å². The van der Waals surface area contributed by atoms with Gasteiger partial charge in [-0.05, 0) is 42.2 Å². The van der Waals surface area contributed by atoms with E-state index < -0.39 is 0 Å². The number of halogens is 1. The molecule has 1 saturated heterocycles. The molecule has 2 bridgehead atoms. The zero-order valence-electron chi connectivity index (χ0n) is 14.9. The average molecular weight is 403 g/mol. The highest BCUT2D eigenvalue weighted by Gasteiger charge is 2.51. The van der Waals surface area contributed by atoms with Gasteiger partial charge in [0.1, 0.15) is 0 Å². The van der Waals surface area contributed by atoms with E-state index in [9.17, 15) is 4.79 Å². The third kappa shape index (κ3) is 3.14. The Bertz CT molecular complexity index is 811. The van der Waals surface area contributed by atoms with E-state index >= 15 is 0 Å². The van der Waals surface area contributed by atoms with Crippen molar-refractivity contribution in [3.63, 3.8) is 0 Å². The van der Waals surface area contributed by atoms with Gasteiger partial charge in [-0.2, -0.15) is 0 Å². The predicted molar refractivity (Wildman–Crippen MR) is 100 cm³/mol. The van der Waals surface area contributed by atoms with E-state index in [1.807, 2.05) is 29.2 Å². The summed E-state index contributed by atoms with van der Waals surface area (Å²) in [5, 5.41) is 4.05. The molecule has 1 saturated carbocycles. The van der Waals surface area contributed by atoms with Crippen molar-refractivity contribution >= 4 is 21.8 Å². The van der Waals surface area contributed by atoms with E-state index in [2.05, 4.69) is 41.9 Å². The molecule has 25 heavy (non-hydrogen) atoms. The number of carbonyl (C=O) groups excluding carboxylic acids is 1. The molecular weight excluding hydrogens is 380 g/mol. The Balaban J connectivity index is 1.57. The summed E-state index contributed by atoms with van der Waals surface area (Å²) in [6, 6.07) is 9.88. The summed E-state index contributed by atoms with van der Waals surface area (Å²) in [5.41, 5.74) is 1.84. The molecule has 4 rings (SSSR count). The van der Waals surface area contributed by atoms with Gasteiger partial charge in [-0.1, -0.05) is 54.0 Å². The molecule has 4 nitrogen and oxygen atoms in total. The molecule has 0 spiro atoms. The Morgan fingerprint density at radius 3 is 2.68 bits per heavy atom. The first kappa shape index (κ1) is 16.8. The lowest BCUT2D eigenvalue weighted by Crippen LogP contribution is -2.37. The molecule has 1 amide bonds. The first-order valence-corrected chi connectivity index (χ1v) is 9.58. The molecule has 2 heterocycles. The van der Waals surface area contributed by atoms with Crippen molar-refractivity contribution in [3.8, 4) is 11.3 Å². The molecule has 2 fully saturated rings. The molecule has 1 aliphatic heterocycles. The molecule has 132 valence electrons. The quantitative estimate of drug-likeness (QED) is 0.697. The molecule has 0 unspecified atom stereocenters. The van der Waals surface area contributed by atoms with Crippen molar-refractivity contribution < 1.29 is 9.32 Å². The number of likely N-dealkylation sites (tertiary alicyclic amines) is 1. The fourth-order valence-electron chi connectivity index (χ4n) is 4.97. The van der Waals surface area contributed by atoms with Gasteiger partial charge in [-0.15, -0.1) is 0 Å². The highest BCUT2D eigenvalue weighted by atomic mass is 79.9. The maximum Gasteiger partial charge on any atom is 0.276 e. The zero-order valence-corrected chi connectivity index (χ0v) is 16.5. The lowest BCUT2D eigenvalue weighted by Gasteiger charge is -2.39. The van der Waals surface area contributed by atoms with Crippen LogP contribution in [0.4, 0.5) is 0 Å². The minimum atomic E-state index is -0.00135. The molecular formula is C20H23BrN2O2. The maximum atomic E-state index is 13.0. The van der Waals surface area contributed by atoms with Gasteiger partial charge in [0.15, 0.2) is 11.5 Å². The van der Waals surface area contributed by atoms with Crippen LogP contribution in [-0.2, 0) is 0 Å². The Morgan fingerprint density at radius 1 is 1.24 bits per heavy atom. The summed E-state index contributed by atoms with van der Waals surface area (Å²) < 4.78 is 6.44. The largest absolute Gasteiger partial charge is 0.355 e. The Morgan fingerprint density at radius 2 is 1.96 bits per heavy atom. The second-order valence-electron chi connectivity index (χ2n) is 8.73. The van der Waals surface area contributed by atoms with Crippen LogP contribution in [0.2, 0.25) is 0 Å². The minimum absolute atomic E-state index is 0.00135. The Hall–Kier alpha value is -1.62. The van der Waals surface area contributed by atoms with Crippen LogP contribution in [0.5, 0.6) is 0 Å². The molecule has 0 radical (unpaired) electrons. The Kier molecular flexibility index (Phi) is 3.83. The van der Waals surface area contributed by atoms with Crippen molar-refractivity contribution in [3.05, 3.63) is 40.5 Å². The summed E-state index contributed by atoms with van der Waals surface area (Å²) in [6.07, 6.45) is 3.33. The van der Waals surface area contributed by atoms with Gasteiger partial charge in [-0.25, -0.2) is 0 Å². The van der Waals surface area contributed by atoms with Gasteiger partial charge in [-0.3, -0.25) is 4.79 Å². The second-order valence-corrected chi connectivity index (χ2v) is 9.65. The number of rotatable bonds is 2. The van der Waals surface area contributed by atoms with Crippen molar-refractivity contribution in [1.29, 1.82) is 0 Å². The van der Waals surface area contributed by atoms with Gasteiger partial charge < -0.3 is 9.42 Å². The smallest absolute Gasteiger partial charge is 0.276 e.